The van der Waals surface area contributed by atoms with E-state index in [2.05, 4.69) is 5.32 Å². The molecule has 0 atom stereocenters. The number of nitrogen functional groups attached to an aromatic ring is 1. The molecule has 0 aliphatic heterocycles. The van der Waals surface area contributed by atoms with Gasteiger partial charge in [0.2, 0.25) is 0 Å². The van der Waals surface area contributed by atoms with Gasteiger partial charge >= 0.3 is 0 Å². The van der Waals surface area contributed by atoms with Crippen molar-refractivity contribution < 1.29 is 0 Å². The minimum absolute atomic E-state index is 0.711. The molecule has 82 valence electrons. The minimum Gasteiger partial charge on any atom is -0.397 e. The molecule has 0 spiro atoms. The first-order valence-corrected chi connectivity index (χ1v) is 5.43. The topological polar surface area (TPSA) is 38.0 Å². The van der Waals surface area contributed by atoms with E-state index >= 15 is 0 Å². The molecule has 2 rings (SSSR count). The van der Waals surface area contributed by atoms with E-state index in [0.717, 1.165) is 22.5 Å². The molecule has 2 aromatic rings. The molecule has 2 aromatic carbocycles. The summed E-state index contributed by atoms with van der Waals surface area (Å²) in [5.74, 6) is 0. The first kappa shape index (κ1) is 10.8. The van der Waals surface area contributed by atoms with Crippen molar-refractivity contribution in [3.8, 4) is 11.1 Å². The average molecular weight is 233 g/mol. The third-order valence-electron chi connectivity index (χ3n) is 2.54. The van der Waals surface area contributed by atoms with E-state index in [9.17, 15) is 0 Å². The number of para-hydroxylation sites is 1. The molecule has 0 aliphatic carbocycles. The van der Waals surface area contributed by atoms with Crippen LogP contribution in [0.5, 0.6) is 0 Å². The summed E-state index contributed by atoms with van der Waals surface area (Å²) >= 11 is 6.15. The van der Waals surface area contributed by atoms with Crippen molar-refractivity contribution in [2.75, 3.05) is 18.1 Å². The summed E-state index contributed by atoms with van der Waals surface area (Å²) in [6.07, 6.45) is 0. The summed E-state index contributed by atoms with van der Waals surface area (Å²) in [4.78, 5) is 0. The zero-order chi connectivity index (χ0) is 11.5. The van der Waals surface area contributed by atoms with Crippen molar-refractivity contribution in [3.63, 3.8) is 0 Å². The van der Waals surface area contributed by atoms with Crippen molar-refractivity contribution >= 4 is 23.0 Å². The summed E-state index contributed by atoms with van der Waals surface area (Å²) in [5.41, 5.74) is 9.62. The van der Waals surface area contributed by atoms with Crippen LogP contribution in [0, 0.1) is 0 Å². The second-order valence-corrected chi connectivity index (χ2v) is 3.90. The predicted molar refractivity (Wildman–Crippen MR) is 70.8 cm³/mol. The first-order chi connectivity index (χ1) is 7.74. The molecule has 3 N–H and O–H groups in total. The Hall–Kier alpha value is -1.67. The Balaban J connectivity index is 2.61. The first-order valence-electron chi connectivity index (χ1n) is 5.05. The van der Waals surface area contributed by atoms with Crippen LogP contribution in [0.15, 0.2) is 42.5 Å². The SMILES string of the molecule is CNc1cccc(-c2ccccc2Cl)c1N. The van der Waals surface area contributed by atoms with E-state index in [1.807, 2.05) is 49.5 Å². The van der Waals surface area contributed by atoms with E-state index in [1.54, 1.807) is 0 Å². The number of halogens is 1. The Morgan fingerprint density at radius 1 is 1.00 bits per heavy atom. The quantitative estimate of drug-likeness (QED) is 0.776. The Morgan fingerprint density at radius 3 is 2.38 bits per heavy atom. The number of anilines is 2. The van der Waals surface area contributed by atoms with Gasteiger partial charge in [0.1, 0.15) is 0 Å². The fourth-order valence-corrected chi connectivity index (χ4v) is 1.94. The molecule has 3 heteroatoms. The van der Waals surface area contributed by atoms with Crippen LogP contribution in [-0.4, -0.2) is 7.05 Å². The molecule has 0 aliphatic rings. The fraction of sp³-hybridized carbons (Fsp3) is 0.0769. The van der Waals surface area contributed by atoms with Gasteiger partial charge < -0.3 is 11.1 Å². The van der Waals surface area contributed by atoms with Crippen molar-refractivity contribution in [3.05, 3.63) is 47.5 Å². The maximum absolute atomic E-state index is 6.15. The molecule has 0 saturated carbocycles. The highest BCUT2D eigenvalue weighted by Gasteiger charge is 2.08. The second-order valence-electron chi connectivity index (χ2n) is 3.50. The highest BCUT2D eigenvalue weighted by molar-refractivity contribution is 6.33. The van der Waals surface area contributed by atoms with Crippen LogP contribution in [0.4, 0.5) is 11.4 Å². The maximum atomic E-state index is 6.15. The molecule has 0 saturated heterocycles. The highest BCUT2D eigenvalue weighted by Crippen LogP contribution is 2.35. The van der Waals surface area contributed by atoms with E-state index in [1.165, 1.54) is 0 Å². The smallest absolute Gasteiger partial charge is 0.0629 e. The third-order valence-corrected chi connectivity index (χ3v) is 2.87. The van der Waals surface area contributed by atoms with Crippen LogP contribution < -0.4 is 11.1 Å². The maximum Gasteiger partial charge on any atom is 0.0629 e. The van der Waals surface area contributed by atoms with Gasteiger partial charge in [-0.1, -0.05) is 41.9 Å². The van der Waals surface area contributed by atoms with Gasteiger partial charge in [0.15, 0.2) is 0 Å². The minimum atomic E-state index is 0.711. The molecule has 0 fully saturated rings. The molecule has 2 nitrogen and oxygen atoms in total. The number of rotatable bonds is 2. The van der Waals surface area contributed by atoms with E-state index in [-0.39, 0.29) is 0 Å². The summed E-state index contributed by atoms with van der Waals surface area (Å²) < 4.78 is 0. The third kappa shape index (κ3) is 1.84. The van der Waals surface area contributed by atoms with Gasteiger partial charge in [0, 0.05) is 23.2 Å². The molecule has 0 amide bonds. The molecule has 0 unspecified atom stereocenters. The van der Waals surface area contributed by atoms with Gasteiger partial charge in [-0.05, 0) is 12.1 Å². The van der Waals surface area contributed by atoms with Crippen LogP contribution in [-0.2, 0) is 0 Å². The number of hydrogen-bond acceptors (Lipinski definition) is 2. The lowest BCUT2D eigenvalue weighted by Crippen LogP contribution is -1.97. The van der Waals surface area contributed by atoms with E-state index in [0.29, 0.717) is 5.02 Å². The Labute approximate surface area is 100 Å². The zero-order valence-corrected chi connectivity index (χ0v) is 9.75. The van der Waals surface area contributed by atoms with Crippen molar-refractivity contribution in [1.82, 2.24) is 0 Å². The van der Waals surface area contributed by atoms with Gasteiger partial charge in [0.25, 0.3) is 0 Å². The van der Waals surface area contributed by atoms with Crippen LogP contribution in [0.1, 0.15) is 0 Å². The van der Waals surface area contributed by atoms with Gasteiger partial charge in [-0.15, -0.1) is 0 Å². The highest BCUT2D eigenvalue weighted by atomic mass is 35.5. The number of nitrogens with one attached hydrogen (secondary N) is 1. The fourth-order valence-electron chi connectivity index (χ4n) is 1.70. The largest absolute Gasteiger partial charge is 0.397 e. The number of hydrogen-bond donors (Lipinski definition) is 2. The molecule has 16 heavy (non-hydrogen) atoms. The summed E-state index contributed by atoms with van der Waals surface area (Å²) in [5, 5.41) is 3.77. The number of benzene rings is 2. The average Bonchev–Trinajstić information content (AvgIpc) is 2.31. The lowest BCUT2D eigenvalue weighted by molar-refractivity contribution is 1.50. The standard InChI is InChI=1S/C13H13ClN2/c1-16-12-8-4-6-10(13(12)15)9-5-2-3-7-11(9)14/h2-8,16H,15H2,1H3. The van der Waals surface area contributed by atoms with E-state index < -0.39 is 0 Å². The van der Waals surface area contributed by atoms with Crippen molar-refractivity contribution in [1.29, 1.82) is 0 Å². The zero-order valence-electron chi connectivity index (χ0n) is 9.00. The molecule has 0 radical (unpaired) electrons. The van der Waals surface area contributed by atoms with Gasteiger partial charge in [-0.25, -0.2) is 0 Å². The Bertz CT molecular complexity index is 509. The monoisotopic (exact) mass is 232 g/mol. The Morgan fingerprint density at radius 2 is 1.69 bits per heavy atom. The van der Waals surface area contributed by atoms with E-state index in [4.69, 9.17) is 17.3 Å². The lowest BCUT2D eigenvalue weighted by Gasteiger charge is -2.11. The molecule has 0 heterocycles. The second kappa shape index (κ2) is 4.45. The molecular formula is C13H13ClN2. The van der Waals surface area contributed by atoms with Crippen molar-refractivity contribution in [2.45, 2.75) is 0 Å². The summed E-state index contributed by atoms with van der Waals surface area (Å²) in [6, 6.07) is 13.6. The predicted octanol–water partition coefficient (Wildman–Crippen LogP) is 3.63. The van der Waals surface area contributed by atoms with Crippen molar-refractivity contribution in [2.24, 2.45) is 0 Å². The van der Waals surface area contributed by atoms with Crippen LogP contribution in [0.2, 0.25) is 5.02 Å². The van der Waals surface area contributed by atoms with Crippen LogP contribution in [0.25, 0.3) is 11.1 Å². The molecule has 0 bridgehead atoms. The van der Waals surface area contributed by atoms with Gasteiger partial charge in [0.05, 0.1) is 11.4 Å². The molecular weight excluding hydrogens is 220 g/mol. The number of nitrogens with two attached hydrogens (primary N) is 1. The lowest BCUT2D eigenvalue weighted by atomic mass is 10.0. The summed E-state index contributed by atoms with van der Waals surface area (Å²) in [6.45, 7) is 0. The van der Waals surface area contributed by atoms with Gasteiger partial charge in [-0.3, -0.25) is 0 Å². The van der Waals surface area contributed by atoms with Crippen LogP contribution in [0.3, 0.4) is 0 Å². The Kier molecular flexibility index (Phi) is 3.02. The normalized spacial score (nSPS) is 10.1. The van der Waals surface area contributed by atoms with Crippen LogP contribution >= 0.6 is 11.6 Å². The summed E-state index contributed by atoms with van der Waals surface area (Å²) in [7, 11) is 1.85. The molecule has 0 aromatic heterocycles. The van der Waals surface area contributed by atoms with Gasteiger partial charge in [-0.2, -0.15) is 0 Å².